The molecule has 3 rings (SSSR count). The molecule has 0 aromatic heterocycles. The minimum atomic E-state index is -0.997. The Morgan fingerprint density at radius 3 is 2.77 bits per heavy atom. The standard InChI is InChI=1S/C17H17ClFNO2/c18-13-4-5-15-11(8-13)6-7-20(15)17(16(22)10-21)12-2-1-3-14(19)9-12/h1-5,8-9,16-17,21-22H,6-7,10H2/t16-,17+/m1/s1. The molecule has 1 aliphatic heterocycles. The molecule has 2 atom stereocenters. The van der Waals surface area contributed by atoms with E-state index in [0.717, 1.165) is 17.7 Å². The Morgan fingerprint density at radius 2 is 2.05 bits per heavy atom. The molecule has 2 aromatic carbocycles. The number of benzene rings is 2. The van der Waals surface area contributed by atoms with Gasteiger partial charge in [0.2, 0.25) is 0 Å². The highest BCUT2D eigenvalue weighted by Gasteiger charge is 2.32. The minimum absolute atomic E-state index is 0.358. The van der Waals surface area contributed by atoms with Crippen molar-refractivity contribution in [2.75, 3.05) is 18.1 Å². The quantitative estimate of drug-likeness (QED) is 0.910. The summed E-state index contributed by atoms with van der Waals surface area (Å²) in [5, 5.41) is 20.3. The van der Waals surface area contributed by atoms with Gasteiger partial charge in [0, 0.05) is 17.3 Å². The van der Waals surface area contributed by atoms with Crippen molar-refractivity contribution >= 4 is 17.3 Å². The molecule has 1 heterocycles. The molecule has 22 heavy (non-hydrogen) atoms. The molecule has 0 saturated heterocycles. The second-order valence-corrected chi connectivity index (χ2v) is 5.90. The largest absolute Gasteiger partial charge is 0.394 e. The molecule has 0 amide bonds. The van der Waals surface area contributed by atoms with Gasteiger partial charge < -0.3 is 15.1 Å². The molecule has 0 aliphatic carbocycles. The van der Waals surface area contributed by atoms with E-state index in [4.69, 9.17) is 11.6 Å². The summed E-state index contributed by atoms with van der Waals surface area (Å²) in [4.78, 5) is 2.00. The fourth-order valence-corrected chi connectivity index (χ4v) is 3.28. The van der Waals surface area contributed by atoms with Crippen molar-refractivity contribution in [3.05, 3.63) is 64.4 Å². The Kier molecular flexibility index (Phi) is 4.34. The van der Waals surface area contributed by atoms with Crippen LogP contribution >= 0.6 is 11.6 Å². The van der Waals surface area contributed by atoms with Crippen LogP contribution in [0.2, 0.25) is 5.02 Å². The van der Waals surface area contributed by atoms with Gasteiger partial charge in [-0.15, -0.1) is 0 Å². The Labute approximate surface area is 133 Å². The maximum absolute atomic E-state index is 13.6. The maximum atomic E-state index is 13.6. The fraction of sp³-hybridized carbons (Fsp3) is 0.294. The predicted octanol–water partition coefficient (Wildman–Crippen LogP) is 2.94. The maximum Gasteiger partial charge on any atom is 0.123 e. The first-order chi connectivity index (χ1) is 10.6. The summed E-state index contributed by atoms with van der Waals surface area (Å²) in [7, 11) is 0. The van der Waals surface area contributed by atoms with Crippen molar-refractivity contribution in [3.63, 3.8) is 0 Å². The molecule has 2 aromatic rings. The van der Waals surface area contributed by atoms with Crippen molar-refractivity contribution in [3.8, 4) is 0 Å². The third-order valence-corrected chi connectivity index (χ3v) is 4.29. The highest BCUT2D eigenvalue weighted by atomic mass is 35.5. The van der Waals surface area contributed by atoms with Crippen molar-refractivity contribution in [2.45, 2.75) is 18.6 Å². The van der Waals surface area contributed by atoms with Gasteiger partial charge in [-0.2, -0.15) is 0 Å². The van der Waals surface area contributed by atoms with Gasteiger partial charge in [0.25, 0.3) is 0 Å². The average Bonchev–Trinajstić information content (AvgIpc) is 2.90. The third-order valence-electron chi connectivity index (χ3n) is 4.05. The van der Waals surface area contributed by atoms with E-state index in [9.17, 15) is 14.6 Å². The van der Waals surface area contributed by atoms with E-state index in [1.165, 1.54) is 12.1 Å². The molecule has 0 unspecified atom stereocenters. The highest BCUT2D eigenvalue weighted by Crippen LogP contribution is 2.38. The minimum Gasteiger partial charge on any atom is -0.394 e. The Morgan fingerprint density at radius 1 is 1.23 bits per heavy atom. The summed E-state index contributed by atoms with van der Waals surface area (Å²) < 4.78 is 13.6. The van der Waals surface area contributed by atoms with Gasteiger partial charge in [0.15, 0.2) is 0 Å². The van der Waals surface area contributed by atoms with Gasteiger partial charge in [-0.25, -0.2) is 4.39 Å². The van der Waals surface area contributed by atoms with E-state index < -0.39 is 12.1 Å². The van der Waals surface area contributed by atoms with Gasteiger partial charge in [-0.3, -0.25) is 0 Å². The van der Waals surface area contributed by atoms with Gasteiger partial charge in [0.1, 0.15) is 11.9 Å². The second-order valence-electron chi connectivity index (χ2n) is 5.47. The first-order valence-corrected chi connectivity index (χ1v) is 7.57. The predicted molar refractivity (Wildman–Crippen MR) is 84.7 cm³/mol. The number of fused-ring (bicyclic) bond motifs is 1. The number of anilines is 1. The molecule has 0 saturated carbocycles. The van der Waals surface area contributed by atoms with Crippen LogP contribution in [0.1, 0.15) is 17.2 Å². The molecule has 1 aliphatic rings. The first-order valence-electron chi connectivity index (χ1n) is 7.19. The zero-order valence-electron chi connectivity index (χ0n) is 11.9. The van der Waals surface area contributed by atoms with E-state index in [-0.39, 0.29) is 12.4 Å². The summed E-state index contributed by atoms with van der Waals surface area (Å²) in [5.41, 5.74) is 2.70. The number of nitrogens with zero attached hydrogens (tertiary/aromatic N) is 1. The lowest BCUT2D eigenvalue weighted by atomic mass is 9.99. The number of rotatable bonds is 4. The summed E-state index contributed by atoms with van der Waals surface area (Å²) in [6.07, 6.45) is -0.191. The lowest BCUT2D eigenvalue weighted by Gasteiger charge is -2.33. The van der Waals surface area contributed by atoms with Crippen LogP contribution in [0.5, 0.6) is 0 Å². The van der Waals surface area contributed by atoms with Gasteiger partial charge >= 0.3 is 0 Å². The molecule has 3 nitrogen and oxygen atoms in total. The zero-order chi connectivity index (χ0) is 15.7. The van der Waals surface area contributed by atoms with E-state index in [0.29, 0.717) is 17.1 Å². The summed E-state index contributed by atoms with van der Waals surface area (Å²) >= 11 is 6.02. The monoisotopic (exact) mass is 321 g/mol. The SMILES string of the molecule is OC[C@@H](O)[C@H](c1cccc(F)c1)N1CCc2cc(Cl)ccc21. The van der Waals surface area contributed by atoms with E-state index in [1.54, 1.807) is 18.2 Å². The smallest absolute Gasteiger partial charge is 0.123 e. The Balaban J connectivity index is 2.02. The third kappa shape index (κ3) is 2.82. The first kappa shape index (κ1) is 15.3. The topological polar surface area (TPSA) is 43.7 Å². The van der Waals surface area contributed by atoms with Crippen LogP contribution in [0.15, 0.2) is 42.5 Å². The molecule has 5 heteroatoms. The number of halogens is 2. The molecule has 0 fully saturated rings. The normalized spacial score (nSPS) is 16.5. The van der Waals surface area contributed by atoms with Crippen LogP contribution < -0.4 is 4.90 Å². The Bertz CT molecular complexity index is 679. The second kappa shape index (κ2) is 6.24. The van der Waals surface area contributed by atoms with Gasteiger partial charge in [-0.1, -0.05) is 23.7 Å². The fourth-order valence-electron chi connectivity index (χ4n) is 3.09. The van der Waals surface area contributed by atoms with Gasteiger partial charge in [-0.05, 0) is 47.9 Å². The van der Waals surface area contributed by atoms with Crippen molar-refractivity contribution in [2.24, 2.45) is 0 Å². The van der Waals surface area contributed by atoms with Gasteiger partial charge in [0.05, 0.1) is 12.6 Å². The lowest BCUT2D eigenvalue weighted by molar-refractivity contribution is 0.0716. The van der Waals surface area contributed by atoms with E-state index in [2.05, 4.69) is 0 Å². The molecular weight excluding hydrogens is 305 g/mol. The molecule has 116 valence electrons. The summed E-state index contributed by atoms with van der Waals surface area (Å²) in [5.74, 6) is -0.358. The molecular formula is C17H17ClFNO2. The van der Waals surface area contributed by atoms with Crippen molar-refractivity contribution in [1.82, 2.24) is 0 Å². The summed E-state index contributed by atoms with van der Waals surface area (Å²) in [6, 6.07) is 11.3. The average molecular weight is 322 g/mol. The van der Waals surface area contributed by atoms with Crippen molar-refractivity contribution < 1.29 is 14.6 Å². The van der Waals surface area contributed by atoms with Crippen LogP contribution in [0, 0.1) is 5.82 Å². The van der Waals surface area contributed by atoms with E-state index in [1.807, 2.05) is 17.0 Å². The molecule has 0 radical (unpaired) electrons. The Hall–Kier alpha value is -1.62. The molecule has 2 N–H and O–H groups in total. The van der Waals surface area contributed by atoms with Crippen LogP contribution in [0.4, 0.5) is 10.1 Å². The molecule has 0 spiro atoms. The number of hydrogen-bond donors (Lipinski definition) is 2. The lowest BCUT2D eigenvalue weighted by Crippen LogP contribution is -2.37. The number of hydrogen-bond acceptors (Lipinski definition) is 3. The van der Waals surface area contributed by atoms with Crippen LogP contribution in [0.3, 0.4) is 0 Å². The number of aliphatic hydroxyl groups is 2. The van der Waals surface area contributed by atoms with Crippen LogP contribution in [0.25, 0.3) is 0 Å². The zero-order valence-corrected chi connectivity index (χ0v) is 12.7. The molecule has 0 bridgehead atoms. The number of aliphatic hydroxyl groups excluding tert-OH is 2. The van der Waals surface area contributed by atoms with Crippen LogP contribution in [-0.2, 0) is 6.42 Å². The van der Waals surface area contributed by atoms with E-state index >= 15 is 0 Å². The summed E-state index contributed by atoms with van der Waals surface area (Å²) in [6.45, 7) is 0.300. The highest BCUT2D eigenvalue weighted by molar-refractivity contribution is 6.30. The van der Waals surface area contributed by atoms with Crippen LogP contribution in [-0.4, -0.2) is 29.5 Å². The van der Waals surface area contributed by atoms with Crippen molar-refractivity contribution in [1.29, 1.82) is 0 Å².